The minimum atomic E-state index is -0.832. The Morgan fingerprint density at radius 2 is 1.70 bits per heavy atom. The van der Waals surface area contributed by atoms with E-state index in [-0.39, 0.29) is 39.8 Å². The summed E-state index contributed by atoms with van der Waals surface area (Å²) in [5.74, 6) is 0.745. The van der Waals surface area contributed by atoms with Crippen molar-refractivity contribution in [3.8, 4) is 17.2 Å². The predicted octanol–water partition coefficient (Wildman–Crippen LogP) is 4.61. The van der Waals surface area contributed by atoms with E-state index >= 15 is 0 Å². The van der Waals surface area contributed by atoms with Crippen LogP contribution in [0.3, 0.4) is 0 Å². The van der Waals surface area contributed by atoms with Gasteiger partial charge in [-0.25, -0.2) is 4.99 Å². The third-order valence-corrected chi connectivity index (χ3v) is 8.75. The molecule has 5 rings (SSSR count). The lowest BCUT2D eigenvalue weighted by Crippen LogP contribution is -2.43. The lowest BCUT2D eigenvalue weighted by Gasteiger charge is -2.29. The second-order valence-corrected chi connectivity index (χ2v) is 11.4. The fourth-order valence-corrected chi connectivity index (χ4v) is 6.49. The first kappa shape index (κ1) is 32.2. The Morgan fingerprint density at radius 1 is 1.02 bits per heavy atom. The number of rotatable bonds is 11. The number of para-hydroxylation sites is 1. The average molecular weight is 643 g/mol. The molecule has 238 valence electrons. The van der Waals surface area contributed by atoms with Crippen LogP contribution in [-0.2, 0) is 11.4 Å². The third kappa shape index (κ3) is 6.16. The topological polar surface area (TPSA) is 126 Å². The Kier molecular flexibility index (Phi) is 9.67. The zero-order valence-corrected chi connectivity index (χ0v) is 27.0. The first-order valence-corrected chi connectivity index (χ1v) is 15.5. The SMILES string of the molecule is CCN(CC)C(=O)C1=C(C)N=c2s/c(=C/c3cc(OC)c(OCc4ccccc4)cc3[N+](=O)[O-])c(=O)n2[C@@H]1c1ccccc1OC. The van der Waals surface area contributed by atoms with Crippen LogP contribution in [0.25, 0.3) is 6.08 Å². The minimum Gasteiger partial charge on any atom is -0.496 e. The lowest BCUT2D eigenvalue weighted by molar-refractivity contribution is -0.385. The van der Waals surface area contributed by atoms with Crippen molar-refractivity contribution < 1.29 is 23.9 Å². The molecule has 0 spiro atoms. The van der Waals surface area contributed by atoms with E-state index in [2.05, 4.69) is 4.99 Å². The second-order valence-electron chi connectivity index (χ2n) is 10.4. The van der Waals surface area contributed by atoms with E-state index in [1.54, 1.807) is 17.9 Å². The Balaban J connectivity index is 1.68. The summed E-state index contributed by atoms with van der Waals surface area (Å²) in [7, 11) is 2.98. The van der Waals surface area contributed by atoms with Gasteiger partial charge >= 0.3 is 0 Å². The highest BCUT2D eigenvalue weighted by Crippen LogP contribution is 2.37. The molecule has 1 amide bonds. The quantitative estimate of drug-likeness (QED) is 0.173. The highest BCUT2D eigenvalue weighted by molar-refractivity contribution is 7.07. The molecular formula is C34H34N4O7S. The molecule has 3 aromatic carbocycles. The number of aromatic nitrogens is 1. The molecule has 0 unspecified atom stereocenters. The van der Waals surface area contributed by atoms with Gasteiger partial charge in [-0.05, 0) is 44.5 Å². The largest absolute Gasteiger partial charge is 0.496 e. The number of carbonyl (C=O) groups excluding carboxylic acids is 1. The van der Waals surface area contributed by atoms with E-state index < -0.39 is 16.5 Å². The average Bonchev–Trinajstić information content (AvgIpc) is 3.37. The van der Waals surface area contributed by atoms with Gasteiger partial charge in [0.15, 0.2) is 16.3 Å². The number of hydrogen-bond donors (Lipinski definition) is 0. The summed E-state index contributed by atoms with van der Waals surface area (Å²) in [5.41, 5.74) is 1.79. The number of amides is 1. The molecule has 0 fully saturated rings. The Morgan fingerprint density at radius 3 is 2.35 bits per heavy atom. The fraction of sp³-hybridized carbons (Fsp3) is 0.265. The fourth-order valence-electron chi connectivity index (χ4n) is 5.45. The molecule has 0 aliphatic carbocycles. The summed E-state index contributed by atoms with van der Waals surface area (Å²) in [6.45, 7) is 6.67. The van der Waals surface area contributed by atoms with E-state index in [4.69, 9.17) is 14.2 Å². The van der Waals surface area contributed by atoms with Gasteiger partial charge in [-0.15, -0.1) is 0 Å². The molecule has 0 radical (unpaired) electrons. The van der Waals surface area contributed by atoms with E-state index in [9.17, 15) is 19.7 Å². The second kappa shape index (κ2) is 13.8. The smallest absolute Gasteiger partial charge is 0.280 e. The first-order chi connectivity index (χ1) is 22.2. The standard InChI is InChI=1S/C34H34N4O7S/c1-6-36(7-2)33(40)30-21(3)35-34-37(31(30)24-15-11-12-16-26(24)43-4)32(39)29(46-34)18-23-17-27(44-5)28(19-25(23)38(41)42)45-20-22-13-9-8-10-14-22/h8-19,31H,6-7,20H2,1-5H3/b29-18+/t31-/m1/s1. The molecule has 46 heavy (non-hydrogen) atoms. The summed E-state index contributed by atoms with van der Waals surface area (Å²) >= 11 is 1.09. The van der Waals surface area contributed by atoms with Gasteiger partial charge < -0.3 is 19.1 Å². The first-order valence-electron chi connectivity index (χ1n) is 14.7. The van der Waals surface area contributed by atoms with Crippen molar-refractivity contribution in [3.63, 3.8) is 0 Å². The zero-order chi connectivity index (χ0) is 33.0. The molecule has 0 N–H and O–H groups in total. The Bertz CT molecular complexity index is 2000. The van der Waals surface area contributed by atoms with Crippen molar-refractivity contribution in [2.75, 3.05) is 27.3 Å². The van der Waals surface area contributed by atoms with E-state index in [1.807, 2.05) is 62.4 Å². The van der Waals surface area contributed by atoms with Crippen molar-refractivity contribution in [1.82, 2.24) is 9.47 Å². The molecule has 1 aliphatic rings. The van der Waals surface area contributed by atoms with Crippen molar-refractivity contribution in [2.45, 2.75) is 33.4 Å². The number of ether oxygens (including phenoxy) is 3. The number of likely N-dealkylation sites (N-methyl/N-ethyl adjacent to an activating group) is 1. The predicted molar refractivity (Wildman–Crippen MR) is 175 cm³/mol. The van der Waals surface area contributed by atoms with E-state index in [0.717, 1.165) is 16.9 Å². The van der Waals surface area contributed by atoms with Crippen molar-refractivity contribution in [1.29, 1.82) is 0 Å². The summed E-state index contributed by atoms with van der Waals surface area (Å²) < 4.78 is 18.8. The van der Waals surface area contributed by atoms with Crippen LogP contribution in [0.1, 0.15) is 43.5 Å². The monoisotopic (exact) mass is 642 g/mol. The van der Waals surface area contributed by atoms with Crippen molar-refractivity contribution in [3.05, 3.63) is 124 Å². The van der Waals surface area contributed by atoms with Gasteiger partial charge in [0.25, 0.3) is 17.2 Å². The molecule has 4 aromatic rings. The number of thiazole rings is 1. The van der Waals surface area contributed by atoms with Crippen LogP contribution >= 0.6 is 11.3 Å². The summed E-state index contributed by atoms with van der Waals surface area (Å²) in [4.78, 5) is 46.5. The molecule has 0 bridgehead atoms. The number of nitro groups is 1. The number of allylic oxidation sites excluding steroid dienone is 1. The number of nitro benzene ring substituents is 1. The van der Waals surface area contributed by atoms with Gasteiger partial charge in [0.1, 0.15) is 18.4 Å². The van der Waals surface area contributed by atoms with Crippen LogP contribution in [0.2, 0.25) is 0 Å². The normalized spacial score (nSPS) is 14.4. The maximum atomic E-state index is 14.2. The minimum absolute atomic E-state index is 0.156. The number of benzene rings is 3. The van der Waals surface area contributed by atoms with Gasteiger partial charge in [-0.1, -0.05) is 59.9 Å². The number of nitrogens with zero attached hydrogens (tertiary/aromatic N) is 4. The molecule has 1 aliphatic heterocycles. The van der Waals surface area contributed by atoms with E-state index in [0.29, 0.717) is 40.5 Å². The van der Waals surface area contributed by atoms with Gasteiger partial charge in [-0.3, -0.25) is 24.3 Å². The summed E-state index contributed by atoms with van der Waals surface area (Å²) in [6, 6.07) is 18.6. The van der Waals surface area contributed by atoms with Gasteiger partial charge in [-0.2, -0.15) is 0 Å². The van der Waals surface area contributed by atoms with Gasteiger partial charge in [0.05, 0.1) is 46.6 Å². The molecule has 0 saturated carbocycles. The van der Waals surface area contributed by atoms with Crippen LogP contribution in [-0.4, -0.2) is 47.6 Å². The maximum Gasteiger partial charge on any atom is 0.280 e. The zero-order valence-electron chi connectivity index (χ0n) is 26.2. The van der Waals surface area contributed by atoms with Crippen molar-refractivity contribution in [2.24, 2.45) is 4.99 Å². The van der Waals surface area contributed by atoms with Crippen molar-refractivity contribution >= 4 is 29.0 Å². The summed E-state index contributed by atoms with van der Waals surface area (Å²) in [6.07, 6.45) is 1.45. The number of carbonyl (C=O) groups is 1. The molecule has 2 heterocycles. The lowest BCUT2D eigenvalue weighted by atomic mass is 9.94. The Hall–Kier alpha value is -5.23. The van der Waals surface area contributed by atoms with Gasteiger partial charge in [0.2, 0.25) is 0 Å². The van der Waals surface area contributed by atoms with Crippen LogP contribution < -0.4 is 29.1 Å². The van der Waals surface area contributed by atoms with E-state index in [1.165, 1.54) is 37.0 Å². The molecular weight excluding hydrogens is 608 g/mol. The molecule has 0 saturated heterocycles. The Labute approximate surface area is 269 Å². The molecule has 12 heteroatoms. The van der Waals surface area contributed by atoms with Crippen LogP contribution in [0, 0.1) is 10.1 Å². The van der Waals surface area contributed by atoms with Crippen LogP contribution in [0.5, 0.6) is 17.2 Å². The third-order valence-electron chi connectivity index (χ3n) is 7.77. The number of hydrogen-bond acceptors (Lipinski definition) is 9. The highest BCUT2D eigenvalue weighted by Gasteiger charge is 2.35. The maximum absolute atomic E-state index is 14.2. The highest BCUT2D eigenvalue weighted by atomic mass is 32.1. The number of methoxy groups -OCH3 is 2. The van der Waals surface area contributed by atoms with Crippen LogP contribution in [0.4, 0.5) is 5.69 Å². The summed E-state index contributed by atoms with van der Waals surface area (Å²) in [5, 5.41) is 12.2. The van der Waals surface area contributed by atoms with Crippen LogP contribution in [0.15, 0.2) is 87.8 Å². The molecule has 11 nitrogen and oxygen atoms in total. The van der Waals surface area contributed by atoms with Gasteiger partial charge in [0, 0.05) is 18.7 Å². The molecule has 1 atom stereocenters. The molecule has 1 aromatic heterocycles. The number of fused-ring (bicyclic) bond motifs is 1.